The van der Waals surface area contributed by atoms with Gasteiger partial charge in [0.1, 0.15) is 5.58 Å². The maximum Gasteiger partial charge on any atom is 0.747 e. The standard InChI is InChI=1S/C17H13O6P/c1-10-12-8-16(23-24(20)21)14(18)9-15(12)22-17(19)13(10)7-11-5-3-2-4-6-11/h2-6,8-9H,7H2,1H3,(H-,18,19,20,21)/p+1. The zero-order valence-electron chi connectivity index (χ0n) is 12.7. The van der Waals surface area contributed by atoms with Crippen LogP contribution in [0, 0.1) is 6.92 Å². The SMILES string of the molecule is Cc1c(Cc2ccccc2)c(=O)oc2cc(O)c(O[P+](=O)O)cc12. The summed E-state index contributed by atoms with van der Waals surface area (Å²) >= 11 is 0. The molecule has 0 aliphatic carbocycles. The quantitative estimate of drug-likeness (QED) is 0.555. The highest BCUT2D eigenvalue weighted by Gasteiger charge is 2.21. The summed E-state index contributed by atoms with van der Waals surface area (Å²) < 4.78 is 20.8. The van der Waals surface area contributed by atoms with Crippen molar-refractivity contribution in [2.24, 2.45) is 0 Å². The van der Waals surface area contributed by atoms with Crippen LogP contribution in [0.5, 0.6) is 11.5 Å². The van der Waals surface area contributed by atoms with Crippen molar-refractivity contribution in [1.82, 2.24) is 0 Å². The fourth-order valence-corrected chi connectivity index (χ4v) is 2.88. The molecule has 3 rings (SSSR count). The highest BCUT2D eigenvalue weighted by molar-refractivity contribution is 7.32. The lowest BCUT2D eigenvalue weighted by Crippen LogP contribution is -2.11. The molecule has 2 aromatic carbocycles. The van der Waals surface area contributed by atoms with Crippen molar-refractivity contribution >= 4 is 19.2 Å². The second-order valence-electron chi connectivity index (χ2n) is 5.30. The van der Waals surface area contributed by atoms with Gasteiger partial charge in [-0.15, -0.1) is 4.89 Å². The van der Waals surface area contributed by atoms with Crippen molar-refractivity contribution in [2.45, 2.75) is 13.3 Å². The van der Waals surface area contributed by atoms with E-state index < -0.39 is 13.9 Å². The molecule has 0 spiro atoms. The molecule has 0 saturated carbocycles. The van der Waals surface area contributed by atoms with Crippen molar-refractivity contribution in [3.05, 3.63) is 69.6 Å². The molecule has 1 heterocycles. The van der Waals surface area contributed by atoms with Gasteiger partial charge in [0.15, 0.2) is 5.75 Å². The number of hydrogen-bond acceptors (Lipinski definition) is 5. The van der Waals surface area contributed by atoms with Crippen molar-refractivity contribution in [1.29, 1.82) is 0 Å². The third-order valence-corrected chi connectivity index (χ3v) is 4.12. The van der Waals surface area contributed by atoms with Crippen LogP contribution in [0.25, 0.3) is 11.0 Å². The predicted octanol–water partition coefficient (Wildman–Crippen LogP) is 3.43. The first-order valence-corrected chi connectivity index (χ1v) is 8.26. The van der Waals surface area contributed by atoms with E-state index in [2.05, 4.69) is 0 Å². The van der Waals surface area contributed by atoms with Crippen LogP contribution in [0.2, 0.25) is 0 Å². The molecule has 3 aromatic rings. The number of aromatic hydroxyl groups is 1. The number of phenolic OH excluding ortho intramolecular Hbond substituents is 1. The van der Waals surface area contributed by atoms with Crippen molar-refractivity contribution in [3.8, 4) is 11.5 Å². The maximum atomic E-state index is 12.3. The summed E-state index contributed by atoms with van der Waals surface area (Å²) in [6.07, 6.45) is 0.399. The number of benzene rings is 2. The van der Waals surface area contributed by atoms with Gasteiger partial charge in [-0.2, -0.15) is 0 Å². The molecule has 7 heteroatoms. The predicted molar refractivity (Wildman–Crippen MR) is 88.6 cm³/mol. The Morgan fingerprint density at radius 1 is 1.21 bits per heavy atom. The van der Waals surface area contributed by atoms with Crippen molar-refractivity contribution in [3.63, 3.8) is 0 Å². The minimum Gasteiger partial charge on any atom is -0.504 e. The highest BCUT2D eigenvalue weighted by atomic mass is 31.1. The molecule has 0 amide bonds. The van der Waals surface area contributed by atoms with Gasteiger partial charge in [-0.25, -0.2) is 9.32 Å². The van der Waals surface area contributed by atoms with Gasteiger partial charge < -0.3 is 9.52 Å². The van der Waals surface area contributed by atoms with Gasteiger partial charge in [-0.05, 0) is 18.1 Å². The highest BCUT2D eigenvalue weighted by Crippen LogP contribution is 2.37. The molecule has 0 fully saturated rings. The fraction of sp³-hybridized carbons (Fsp3) is 0.118. The Kier molecular flexibility index (Phi) is 4.34. The molecular weight excluding hydrogens is 331 g/mol. The molecular formula is C17H14O6P+. The van der Waals surface area contributed by atoms with Crippen LogP contribution in [-0.4, -0.2) is 10.00 Å². The van der Waals surface area contributed by atoms with Gasteiger partial charge in [0.2, 0.25) is 5.75 Å². The smallest absolute Gasteiger partial charge is 0.504 e. The summed E-state index contributed by atoms with van der Waals surface area (Å²) in [5, 5.41) is 10.3. The molecule has 0 bridgehead atoms. The number of hydrogen-bond donors (Lipinski definition) is 2. The van der Waals surface area contributed by atoms with Crippen LogP contribution in [0.4, 0.5) is 0 Å². The molecule has 0 radical (unpaired) electrons. The summed E-state index contributed by atoms with van der Waals surface area (Å²) in [4.78, 5) is 21.1. The molecule has 6 nitrogen and oxygen atoms in total. The summed E-state index contributed by atoms with van der Waals surface area (Å²) in [7, 11) is -2.91. The van der Waals surface area contributed by atoms with E-state index in [1.54, 1.807) is 6.92 Å². The van der Waals surface area contributed by atoms with Crippen molar-refractivity contribution < 1.29 is 23.5 Å². The van der Waals surface area contributed by atoms with Gasteiger partial charge in [0.25, 0.3) is 0 Å². The molecule has 122 valence electrons. The zero-order chi connectivity index (χ0) is 17.3. The third kappa shape index (κ3) is 3.15. The Bertz CT molecular complexity index is 978. The lowest BCUT2D eigenvalue weighted by atomic mass is 9.99. The Labute approximate surface area is 137 Å². The number of fused-ring (bicyclic) bond motifs is 1. The number of phenols is 1. The summed E-state index contributed by atoms with van der Waals surface area (Å²) in [5.41, 5.74) is 1.82. The van der Waals surface area contributed by atoms with Gasteiger partial charge >= 0.3 is 13.9 Å². The summed E-state index contributed by atoms with van der Waals surface area (Å²) in [5.74, 6) is -0.521. The van der Waals surface area contributed by atoms with Gasteiger partial charge in [0.05, 0.1) is 0 Å². The Morgan fingerprint density at radius 2 is 1.92 bits per heavy atom. The van der Waals surface area contributed by atoms with Crippen LogP contribution in [-0.2, 0) is 11.0 Å². The Balaban J connectivity index is 2.15. The minimum absolute atomic E-state index is 0.145. The molecule has 2 N–H and O–H groups in total. The fourth-order valence-electron chi connectivity index (χ4n) is 2.57. The zero-order valence-corrected chi connectivity index (χ0v) is 13.6. The van der Waals surface area contributed by atoms with E-state index in [1.807, 2.05) is 30.3 Å². The summed E-state index contributed by atoms with van der Waals surface area (Å²) in [6, 6.07) is 12.1. The molecule has 0 aliphatic rings. The average Bonchev–Trinajstić information content (AvgIpc) is 2.54. The monoisotopic (exact) mass is 345 g/mol. The summed E-state index contributed by atoms with van der Waals surface area (Å²) in [6.45, 7) is 1.76. The Hall–Kier alpha value is -2.69. The van der Waals surface area contributed by atoms with Gasteiger partial charge in [-0.3, -0.25) is 0 Å². The van der Waals surface area contributed by atoms with Crippen LogP contribution in [0.1, 0.15) is 16.7 Å². The van der Waals surface area contributed by atoms with Crippen LogP contribution >= 0.6 is 8.25 Å². The van der Waals surface area contributed by atoms with E-state index >= 15 is 0 Å². The van der Waals surface area contributed by atoms with E-state index in [1.165, 1.54) is 12.1 Å². The van der Waals surface area contributed by atoms with E-state index in [0.29, 0.717) is 22.9 Å². The first-order valence-electron chi connectivity index (χ1n) is 7.13. The maximum absolute atomic E-state index is 12.3. The normalized spacial score (nSPS) is 11.5. The van der Waals surface area contributed by atoms with Crippen molar-refractivity contribution in [2.75, 3.05) is 0 Å². The minimum atomic E-state index is -2.91. The number of aryl methyl sites for hydroxylation is 1. The third-order valence-electron chi connectivity index (χ3n) is 3.77. The van der Waals surface area contributed by atoms with Crippen LogP contribution in [0.3, 0.4) is 0 Å². The number of rotatable bonds is 4. The molecule has 1 aromatic heterocycles. The topological polar surface area (TPSA) is 97.0 Å². The average molecular weight is 345 g/mol. The largest absolute Gasteiger partial charge is 0.747 e. The first-order chi connectivity index (χ1) is 11.5. The van der Waals surface area contributed by atoms with E-state index in [-0.39, 0.29) is 17.1 Å². The molecule has 1 unspecified atom stereocenters. The second kappa shape index (κ2) is 6.43. The van der Waals surface area contributed by atoms with E-state index in [4.69, 9.17) is 13.8 Å². The molecule has 1 atom stereocenters. The lowest BCUT2D eigenvalue weighted by Gasteiger charge is -2.09. The van der Waals surface area contributed by atoms with Crippen LogP contribution < -0.4 is 10.1 Å². The first kappa shape index (κ1) is 16.2. The molecule has 0 saturated heterocycles. The van der Waals surface area contributed by atoms with E-state index in [9.17, 15) is 14.5 Å². The second-order valence-corrected chi connectivity index (χ2v) is 5.96. The van der Waals surface area contributed by atoms with E-state index in [0.717, 1.165) is 5.56 Å². The Morgan fingerprint density at radius 3 is 2.58 bits per heavy atom. The molecule has 24 heavy (non-hydrogen) atoms. The van der Waals surface area contributed by atoms with Gasteiger partial charge in [-0.1, -0.05) is 30.3 Å². The van der Waals surface area contributed by atoms with Crippen LogP contribution in [0.15, 0.2) is 51.7 Å². The lowest BCUT2D eigenvalue weighted by molar-refractivity contribution is 0.389. The van der Waals surface area contributed by atoms with Gasteiger partial charge in [0, 0.05) is 34.1 Å². The molecule has 0 aliphatic heterocycles.